The first kappa shape index (κ1) is 14.7. The summed E-state index contributed by atoms with van der Waals surface area (Å²) in [5.41, 5.74) is 7.52. The number of rotatable bonds is 3. The van der Waals surface area contributed by atoms with Crippen molar-refractivity contribution >= 4 is 34.8 Å². The number of carbonyl (C=O) groups excluding carboxylic acids is 1. The van der Waals surface area contributed by atoms with E-state index >= 15 is 0 Å². The highest BCUT2D eigenvalue weighted by Gasteiger charge is 2.12. The number of anilines is 1. The van der Waals surface area contributed by atoms with Gasteiger partial charge >= 0.3 is 0 Å². The molecule has 104 valence electrons. The molecule has 0 aliphatic carbocycles. The average molecular weight is 309 g/mol. The number of halogens is 2. The fourth-order valence-electron chi connectivity index (χ4n) is 1.78. The summed E-state index contributed by atoms with van der Waals surface area (Å²) >= 11 is 11.7. The fourth-order valence-corrected chi connectivity index (χ4v) is 2.09. The van der Waals surface area contributed by atoms with E-state index in [2.05, 4.69) is 5.32 Å². The Bertz CT molecular complexity index is 626. The van der Waals surface area contributed by atoms with Crippen LogP contribution in [0.4, 0.5) is 5.69 Å². The van der Waals surface area contributed by atoms with Crippen LogP contribution in [0.2, 0.25) is 10.0 Å². The third-order valence-corrected chi connectivity index (χ3v) is 3.56. The van der Waals surface area contributed by atoms with Crippen molar-refractivity contribution in [3.8, 4) is 0 Å². The summed E-state index contributed by atoms with van der Waals surface area (Å²) in [6, 6.07) is 12.0. The number of carbonyl (C=O) groups is 1. The summed E-state index contributed by atoms with van der Waals surface area (Å²) in [7, 11) is 0. The van der Waals surface area contributed by atoms with E-state index in [1.54, 1.807) is 30.3 Å². The number of nitrogens with two attached hydrogens (primary N) is 1. The topological polar surface area (TPSA) is 55.1 Å². The molecule has 1 amide bonds. The van der Waals surface area contributed by atoms with Crippen LogP contribution in [0, 0.1) is 0 Å². The Morgan fingerprint density at radius 3 is 2.40 bits per heavy atom. The van der Waals surface area contributed by atoms with Gasteiger partial charge in [-0.1, -0.05) is 35.3 Å². The number of benzene rings is 2. The molecule has 0 fully saturated rings. The van der Waals surface area contributed by atoms with Crippen LogP contribution in [0.15, 0.2) is 42.5 Å². The van der Waals surface area contributed by atoms with E-state index in [0.29, 0.717) is 21.3 Å². The van der Waals surface area contributed by atoms with Crippen LogP contribution in [0.5, 0.6) is 0 Å². The summed E-state index contributed by atoms with van der Waals surface area (Å²) in [5, 5.41) is 3.93. The SMILES string of the molecule is C[C@H](NC(=O)c1ccc(N)c(Cl)c1)c1ccc(Cl)cc1. The van der Waals surface area contributed by atoms with E-state index in [0.717, 1.165) is 5.56 Å². The Morgan fingerprint density at radius 1 is 1.15 bits per heavy atom. The van der Waals surface area contributed by atoms with Crippen LogP contribution in [0.1, 0.15) is 28.9 Å². The molecule has 3 N–H and O–H groups in total. The highest BCUT2D eigenvalue weighted by molar-refractivity contribution is 6.33. The Morgan fingerprint density at radius 2 is 1.80 bits per heavy atom. The van der Waals surface area contributed by atoms with Gasteiger partial charge in [-0.15, -0.1) is 0 Å². The third kappa shape index (κ3) is 3.44. The quantitative estimate of drug-likeness (QED) is 0.840. The lowest BCUT2D eigenvalue weighted by molar-refractivity contribution is 0.0940. The molecule has 0 spiro atoms. The number of amides is 1. The van der Waals surface area contributed by atoms with E-state index in [9.17, 15) is 4.79 Å². The number of nitrogen functional groups attached to an aromatic ring is 1. The van der Waals surface area contributed by atoms with Gasteiger partial charge in [-0.05, 0) is 42.8 Å². The minimum Gasteiger partial charge on any atom is -0.398 e. The maximum Gasteiger partial charge on any atom is 0.251 e. The molecule has 0 heterocycles. The van der Waals surface area contributed by atoms with E-state index < -0.39 is 0 Å². The molecule has 2 rings (SSSR count). The smallest absolute Gasteiger partial charge is 0.251 e. The van der Waals surface area contributed by atoms with Crippen LogP contribution < -0.4 is 11.1 Å². The van der Waals surface area contributed by atoms with Crippen molar-refractivity contribution < 1.29 is 4.79 Å². The normalized spacial score (nSPS) is 11.9. The second kappa shape index (κ2) is 6.16. The van der Waals surface area contributed by atoms with Crippen LogP contribution >= 0.6 is 23.2 Å². The standard InChI is InChI=1S/C15H14Cl2N2O/c1-9(10-2-5-12(16)6-3-10)19-15(20)11-4-7-14(18)13(17)8-11/h2-9H,18H2,1H3,(H,19,20)/t9-/m0/s1. The second-order valence-electron chi connectivity index (χ2n) is 4.48. The van der Waals surface area contributed by atoms with Gasteiger partial charge in [0.05, 0.1) is 16.8 Å². The minimum atomic E-state index is -0.200. The monoisotopic (exact) mass is 308 g/mol. The molecule has 20 heavy (non-hydrogen) atoms. The van der Waals surface area contributed by atoms with Crippen molar-refractivity contribution in [1.82, 2.24) is 5.32 Å². The molecule has 1 atom stereocenters. The summed E-state index contributed by atoms with van der Waals surface area (Å²) in [5.74, 6) is -0.200. The maximum atomic E-state index is 12.1. The molecule has 0 radical (unpaired) electrons. The minimum absolute atomic E-state index is 0.129. The maximum absolute atomic E-state index is 12.1. The largest absolute Gasteiger partial charge is 0.398 e. The van der Waals surface area contributed by atoms with Gasteiger partial charge in [-0.2, -0.15) is 0 Å². The molecular formula is C15H14Cl2N2O. The second-order valence-corrected chi connectivity index (χ2v) is 5.33. The Hall–Kier alpha value is -1.71. The predicted octanol–water partition coefficient (Wildman–Crippen LogP) is 4.07. The Kier molecular flexibility index (Phi) is 4.53. The number of hydrogen-bond acceptors (Lipinski definition) is 2. The molecule has 2 aromatic carbocycles. The van der Waals surface area contributed by atoms with Crippen molar-refractivity contribution in [2.45, 2.75) is 13.0 Å². The molecule has 0 unspecified atom stereocenters. The Labute approximate surface area is 127 Å². The lowest BCUT2D eigenvalue weighted by Gasteiger charge is -2.14. The summed E-state index contributed by atoms with van der Waals surface area (Å²) < 4.78 is 0. The van der Waals surface area contributed by atoms with Crippen molar-refractivity contribution in [2.75, 3.05) is 5.73 Å². The molecule has 0 saturated heterocycles. The zero-order chi connectivity index (χ0) is 14.7. The molecule has 2 aromatic rings. The van der Waals surface area contributed by atoms with Crippen molar-refractivity contribution in [1.29, 1.82) is 0 Å². The molecule has 0 bridgehead atoms. The molecular weight excluding hydrogens is 295 g/mol. The van der Waals surface area contributed by atoms with Crippen molar-refractivity contribution in [3.63, 3.8) is 0 Å². The van der Waals surface area contributed by atoms with Gasteiger partial charge in [0.25, 0.3) is 5.91 Å². The predicted molar refractivity (Wildman–Crippen MR) is 83.2 cm³/mol. The summed E-state index contributed by atoms with van der Waals surface area (Å²) in [4.78, 5) is 12.1. The average Bonchev–Trinajstić information content (AvgIpc) is 2.42. The molecule has 0 saturated carbocycles. The molecule has 0 aliphatic heterocycles. The highest BCUT2D eigenvalue weighted by Crippen LogP contribution is 2.21. The molecule has 0 aromatic heterocycles. The van der Waals surface area contributed by atoms with Crippen LogP contribution in [0.3, 0.4) is 0 Å². The summed E-state index contributed by atoms with van der Waals surface area (Å²) in [6.07, 6.45) is 0. The van der Waals surface area contributed by atoms with E-state index in [1.165, 1.54) is 0 Å². The third-order valence-electron chi connectivity index (χ3n) is 2.98. The van der Waals surface area contributed by atoms with Gasteiger partial charge in [-0.3, -0.25) is 4.79 Å². The molecule has 0 aliphatic rings. The number of hydrogen-bond donors (Lipinski definition) is 2. The van der Waals surface area contributed by atoms with Crippen LogP contribution in [-0.2, 0) is 0 Å². The molecule has 5 heteroatoms. The van der Waals surface area contributed by atoms with Gasteiger partial charge in [-0.25, -0.2) is 0 Å². The first-order valence-corrected chi connectivity index (χ1v) is 6.84. The van der Waals surface area contributed by atoms with Crippen molar-refractivity contribution in [3.05, 3.63) is 63.6 Å². The van der Waals surface area contributed by atoms with Gasteiger partial charge in [0.2, 0.25) is 0 Å². The van der Waals surface area contributed by atoms with E-state index in [1.807, 2.05) is 19.1 Å². The van der Waals surface area contributed by atoms with Gasteiger partial charge in [0.15, 0.2) is 0 Å². The lowest BCUT2D eigenvalue weighted by atomic mass is 10.1. The van der Waals surface area contributed by atoms with Crippen molar-refractivity contribution in [2.24, 2.45) is 0 Å². The van der Waals surface area contributed by atoms with Gasteiger partial charge < -0.3 is 11.1 Å². The van der Waals surface area contributed by atoms with E-state index in [-0.39, 0.29) is 11.9 Å². The zero-order valence-corrected chi connectivity index (χ0v) is 12.4. The zero-order valence-electron chi connectivity index (χ0n) is 10.9. The first-order valence-electron chi connectivity index (χ1n) is 6.08. The van der Waals surface area contributed by atoms with Gasteiger partial charge in [0.1, 0.15) is 0 Å². The first-order chi connectivity index (χ1) is 9.47. The lowest BCUT2D eigenvalue weighted by Crippen LogP contribution is -2.26. The highest BCUT2D eigenvalue weighted by atomic mass is 35.5. The Balaban J connectivity index is 2.10. The van der Waals surface area contributed by atoms with E-state index in [4.69, 9.17) is 28.9 Å². The summed E-state index contributed by atoms with van der Waals surface area (Å²) in [6.45, 7) is 1.90. The molecule has 3 nitrogen and oxygen atoms in total. The van der Waals surface area contributed by atoms with Crippen LogP contribution in [-0.4, -0.2) is 5.91 Å². The number of nitrogens with one attached hydrogen (secondary N) is 1. The van der Waals surface area contributed by atoms with Crippen LogP contribution in [0.25, 0.3) is 0 Å². The van der Waals surface area contributed by atoms with Gasteiger partial charge in [0, 0.05) is 10.6 Å². The fraction of sp³-hybridized carbons (Fsp3) is 0.133.